The first-order chi connectivity index (χ1) is 6.74. The van der Waals surface area contributed by atoms with Crippen LogP contribution in [0.3, 0.4) is 0 Å². The fourth-order valence-corrected chi connectivity index (χ4v) is 1.73. The predicted octanol–water partition coefficient (Wildman–Crippen LogP) is 2.83. The topological polar surface area (TPSA) is 21.3 Å². The van der Waals surface area contributed by atoms with E-state index in [1.807, 2.05) is 0 Å². The number of methoxy groups -OCH3 is 1. The molecule has 0 radical (unpaired) electrons. The normalized spacial score (nSPS) is 15.4. The van der Waals surface area contributed by atoms with Crippen LogP contribution < -0.4 is 5.32 Å². The highest BCUT2D eigenvalue weighted by molar-refractivity contribution is 4.65. The van der Waals surface area contributed by atoms with Crippen molar-refractivity contribution in [1.29, 1.82) is 0 Å². The highest BCUT2D eigenvalue weighted by Gasteiger charge is 2.07. The molecule has 2 nitrogen and oxygen atoms in total. The van der Waals surface area contributed by atoms with Crippen molar-refractivity contribution in [2.24, 2.45) is 5.92 Å². The maximum atomic E-state index is 5.08. The zero-order valence-corrected chi connectivity index (χ0v) is 10.3. The third-order valence-electron chi connectivity index (χ3n) is 2.87. The van der Waals surface area contributed by atoms with Crippen LogP contribution in [0.2, 0.25) is 0 Å². The number of hydrogen-bond donors (Lipinski definition) is 1. The van der Waals surface area contributed by atoms with Gasteiger partial charge in [-0.05, 0) is 38.6 Å². The quantitative estimate of drug-likeness (QED) is 0.619. The van der Waals surface area contributed by atoms with E-state index in [1.165, 1.54) is 32.1 Å². The molecule has 0 aromatic heterocycles. The summed E-state index contributed by atoms with van der Waals surface area (Å²) in [5, 5.41) is 3.38. The minimum absolute atomic E-state index is 0.713. The molecule has 0 amide bonds. The van der Waals surface area contributed by atoms with Gasteiger partial charge in [0.2, 0.25) is 0 Å². The summed E-state index contributed by atoms with van der Waals surface area (Å²) < 4.78 is 5.08. The van der Waals surface area contributed by atoms with E-state index in [0.29, 0.717) is 6.04 Å². The molecule has 14 heavy (non-hydrogen) atoms. The van der Waals surface area contributed by atoms with E-state index >= 15 is 0 Å². The van der Waals surface area contributed by atoms with Gasteiger partial charge in [-0.3, -0.25) is 0 Å². The Morgan fingerprint density at radius 2 is 1.86 bits per heavy atom. The van der Waals surface area contributed by atoms with Crippen LogP contribution in [0.1, 0.15) is 46.0 Å². The summed E-state index contributed by atoms with van der Waals surface area (Å²) >= 11 is 0. The van der Waals surface area contributed by atoms with Gasteiger partial charge in [0.1, 0.15) is 0 Å². The van der Waals surface area contributed by atoms with Crippen molar-refractivity contribution in [3.05, 3.63) is 0 Å². The van der Waals surface area contributed by atoms with Crippen LogP contribution in [0.15, 0.2) is 0 Å². The molecule has 0 bridgehead atoms. The number of hydrogen-bond acceptors (Lipinski definition) is 2. The monoisotopic (exact) mass is 201 g/mol. The first-order valence-corrected chi connectivity index (χ1v) is 5.90. The molecule has 0 spiro atoms. The molecule has 0 saturated carbocycles. The first-order valence-electron chi connectivity index (χ1n) is 5.90. The standard InChI is InChI=1S/C12H27NO/c1-5-6-12(13-3)8-7-11(2)9-10-14-4/h11-13H,5-10H2,1-4H3. The molecule has 0 rings (SSSR count). The second-order valence-corrected chi connectivity index (χ2v) is 4.24. The molecule has 2 atom stereocenters. The van der Waals surface area contributed by atoms with Gasteiger partial charge in [0, 0.05) is 19.8 Å². The van der Waals surface area contributed by atoms with Crippen molar-refractivity contribution in [3.8, 4) is 0 Å². The zero-order valence-electron chi connectivity index (χ0n) is 10.3. The summed E-state index contributed by atoms with van der Waals surface area (Å²) in [7, 11) is 3.85. The van der Waals surface area contributed by atoms with Crippen LogP contribution >= 0.6 is 0 Å². The molecule has 0 heterocycles. The van der Waals surface area contributed by atoms with Crippen molar-refractivity contribution in [2.75, 3.05) is 20.8 Å². The van der Waals surface area contributed by atoms with Gasteiger partial charge in [-0.15, -0.1) is 0 Å². The molecule has 0 aliphatic heterocycles. The van der Waals surface area contributed by atoms with E-state index in [4.69, 9.17) is 4.74 Å². The molecule has 2 heteroatoms. The Morgan fingerprint density at radius 1 is 1.14 bits per heavy atom. The van der Waals surface area contributed by atoms with E-state index in [2.05, 4.69) is 26.2 Å². The Balaban J connectivity index is 3.46. The average Bonchev–Trinajstić information content (AvgIpc) is 2.21. The van der Waals surface area contributed by atoms with Crippen LogP contribution in [0.25, 0.3) is 0 Å². The molecule has 0 aliphatic carbocycles. The van der Waals surface area contributed by atoms with E-state index in [1.54, 1.807) is 7.11 Å². The molecule has 0 aromatic rings. The van der Waals surface area contributed by atoms with Gasteiger partial charge in [-0.1, -0.05) is 20.3 Å². The van der Waals surface area contributed by atoms with E-state index in [9.17, 15) is 0 Å². The number of ether oxygens (including phenoxy) is 1. The van der Waals surface area contributed by atoms with Gasteiger partial charge in [-0.25, -0.2) is 0 Å². The van der Waals surface area contributed by atoms with Crippen molar-refractivity contribution < 1.29 is 4.74 Å². The SMILES string of the molecule is CCCC(CCC(C)CCOC)NC. The summed E-state index contributed by atoms with van der Waals surface area (Å²) in [6.07, 6.45) is 6.38. The maximum Gasteiger partial charge on any atom is 0.0464 e. The Morgan fingerprint density at radius 3 is 2.36 bits per heavy atom. The molecule has 0 aromatic carbocycles. The van der Waals surface area contributed by atoms with Crippen molar-refractivity contribution in [3.63, 3.8) is 0 Å². The predicted molar refractivity (Wildman–Crippen MR) is 62.6 cm³/mol. The summed E-state index contributed by atoms with van der Waals surface area (Å²) in [4.78, 5) is 0. The van der Waals surface area contributed by atoms with Gasteiger partial charge in [0.05, 0.1) is 0 Å². The van der Waals surface area contributed by atoms with Gasteiger partial charge in [0.15, 0.2) is 0 Å². The summed E-state index contributed by atoms with van der Waals surface area (Å²) in [5.41, 5.74) is 0. The van der Waals surface area contributed by atoms with Crippen molar-refractivity contribution in [1.82, 2.24) is 5.32 Å². The lowest BCUT2D eigenvalue weighted by Gasteiger charge is -2.17. The zero-order chi connectivity index (χ0) is 10.8. The van der Waals surface area contributed by atoms with Crippen molar-refractivity contribution in [2.45, 2.75) is 52.0 Å². The van der Waals surface area contributed by atoms with Crippen LogP contribution in [0, 0.1) is 5.92 Å². The summed E-state index contributed by atoms with van der Waals surface area (Å²) in [6, 6.07) is 0.713. The molecule has 2 unspecified atom stereocenters. The van der Waals surface area contributed by atoms with Gasteiger partial charge < -0.3 is 10.1 Å². The maximum absolute atomic E-state index is 5.08. The van der Waals surface area contributed by atoms with Gasteiger partial charge in [-0.2, -0.15) is 0 Å². The molecule has 0 fully saturated rings. The highest BCUT2D eigenvalue weighted by Crippen LogP contribution is 2.14. The fraction of sp³-hybridized carbons (Fsp3) is 1.00. The van der Waals surface area contributed by atoms with Crippen LogP contribution in [0.4, 0.5) is 0 Å². The largest absolute Gasteiger partial charge is 0.385 e. The van der Waals surface area contributed by atoms with Crippen LogP contribution in [0.5, 0.6) is 0 Å². The average molecular weight is 201 g/mol. The van der Waals surface area contributed by atoms with E-state index in [-0.39, 0.29) is 0 Å². The lowest BCUT2D eigenvalue weighted by atomic mass is 9.97. The Hall–Kier alpha value is -0.0800. The van der Waals surface area contributed by atoms with Crippen LogP contribution in [-0.2, 0) is 4.74 Å². The third-order valence-corrected chi connectivity index (χ3v) is 2.87. The minimum Gasteiger partial charge on any atom is -0.385 e. The van der Waals surface area contributed by atoms with E-state index in [0.717, 1.165) is 12.5 Å². The molecule has 0 aliphatic rings. The van der Waals surface area contributed by atoms with Crippen LogP contribution in [-0.4, -0.2) is 26.8 Å². The number of rotatable bonds is 9. The Labute approximate surface area is 89.4 Å². The molecule has 1 N–H and O–H groups in total. The Bertz CT molecular complexity index is 117. The molecule has 86 valence electrons. The first kappa shape index (κ1) is 13.9. The molecular weight excluding hydrogens is 174 g/mol. The molecular formula is C12H27NO. The number of nitrogens with one attached hydrogen (secondary N) is 1. The van der Waals surface area contributed by atoms with Crippen molar-refractivity contribution >= 4 is 0 Å². The lowest BCUT2D eigenvalue weighted by Crippen LogP contribution is -2.25. The lowest BCUT2D eigenvalue weighted by molar-refractivity contribution is 0.177. The summed E-state index contributed by atoms with van der Waals surface area (Å²) in [5.74, 6) is 0.794. The van der Waals surface area contributed by atoms with Gasteiger partial charge >= 0.3 is 0 Å². The third kappa shape index (κ3) is 7.34. The highest BCUT2D eigenvalue weighted by atomic mass is 16.5. The fourth-order valence-electron chi connectivity index (χ4n) is 1.73. The second-order valence-electron chi connectivity index (χ2n) is 4.24. The summed E-state index contributed by atoms with van der Waals surface area (Å²) in [6.45, 7) is 5.47. The molecule has 0 saturated heterocycles. The van der Waals surface area contributed by atoms with E-state index < -0.39 is 0 Å². The Kier molecular flexibility index (Phi) is 9.42. The van der Waals surface area contributed by atoms with Gasteiger partial charge in [0.25, 0.3) is 0 Å². The minimum atomic E-state index is 0.713. The smallest absolute Gasteiger partial charge is 0.0464 e. The second kappa shape index (κ2) is 9.47.